The lowest BCUT2D eigenvalue weighted by atomic mass is 10.1. The third-order valence-corrected chi connectivity index (χ3v) is 6.05. The van der Waals surface area contributed by atoms with Crippen LogP contribution in [0.3, 0.4) is 0 Å². The maximum atomic E-state index is 6.49. The van der Waals surface area contributed by atoms with Crippen molar-refractivity contribution in [3.8, 4) is 0 Å². The predicted octanol–water partition coefficient (Wildman–Crippen LogP) is 7.04. The fourth-order valence-corrected chi connectivity index (χ4v) is 4.90. The minimum atomic E-state index is 0.982. The molecular formula is C25H15NO. The summed E-state index contributed by atoms with van der Waals surface area (Å²) in [5.74, 6) is 0. The minimum absolute atomic E-state index is 0.982. The Morgan fingerprint density at radius 2 is 1.19 bits per heavy atom. The van der Waals surface area contributed by atoms with Crippen molar-refractivity contribution >= 4 is 60.0 Å². The van der Waals surface area contributed by atoms with Crippen LogP contribution >= 0.6 is 0 Å². The first-order chi connectivity index (χ1) is 13.3. The standard InChI is InChI=1S/C25H15NO/c1-14-6-4-10-19-20-13-12-18-17-9-5-8-16-15-7-2-3-11-21(15)26(22(16)17)23(18)25(20)27-24(14)19/h2-13H,1H3. The van der Waals surface area contributed by atoms with Gasteiger partial charge in [-0.3, -0.25) is 0 Å². The fraction of sp³-hybridized carbons (Fsp3) is 0.0400. The second-order valence-corrected chi connectivity index (χ2v) is 7.45. The Bertz CT molecular complexity index is 1680. The van der Waals surface area contributed by atoms with Crippen LogP contribution in [0.2, 0.25) is 0 Å². The van der Waals surface area contributed by atoms with Crippen LogP contribution in [0, 0.1) is 6.92 Å². The number of fused-ring (bicyclic) bond motifs is 10. The molecule has 0 aliphatic heterocycles. The van der Waals surface area contributed by atoms with E-state index in [1.54, 1.807) is 0 Å². The van der Waals surface area contributed by atoms with Crippen LogP contribution in [0.25, 0.3) is 60.0 Å². The molecule has 4 aromatic carbocycles. The highest BCUT2D eigenvalue weighted by Crippen LogP contribution is 2.43. The quantitative estimate of drug-likeness (QED) is 0.288. The monoisotopic (exact) mass is 345 g/mol. The third-order valence-electron chi connectivity index (χ3n) is 6.05. The van der Waals surface area contributed by atoms with E-state index in [4.69, 9.17) is 4.42 Å². The number of para-hydroxylation sites is 3. The zero-order valence-corrected chi connectivity index (χ0v) is 14.8. The Hall–Kier alpha value is -3.52. The number of rotatable bonds is 0. The molecule has 0 atom stereocenters. The van der Waals surface area contributed by atoms with E-state index in [2.05, 4.69) is 84.1 Å². The summed E-state index contributed by atoms with van der Waals surface area (Å²) in [6.07, 6.45) is 0. The van der Waals surface area contributed by atoms with Crippen molar-refractivity contribution in [3.05, 3.63) is 78.4 Å². The molecule has 3 aromatic heterocycles. The van der Waals surface area contributed by atoms with Crippen LogP contribution in [-0.4, -0.2) is 4.40 Å². The molecule has 0 bridgehead atoms. The van der Waals surface area contributed by atoms with Gasteiger partial charge in [-0.25, -0.2) is 0 Å². The molecule has 0 radical (unpaired) electrons. The molecule has 2 nitrogen and oxygen atoms in total. The van der Waals surface area contributed by atoms with E-state index in [1.165, 1.54) is 54.4 Å². The number of hydrogen-bond donors (Lipinski definition) is 0. The molecule has 0 fully saturated rings. The number of hydrogen-bond acceptors (Lipinski definition) is 1. The molecule has 7 aromatic rings. The van der Waals surface area contributed by atoms with Gasteiger partial charge in [0.15, 0.2) is 5.58 Å². The van der Waals surface area contributed by atoms with E-state index >= 15 is 0 Å². The van der Waals surface area contributed by atoms with E-state index in [-0.39, 0.29) is 0 Å². The maximum Gasteiger partial charge on any atom is 0.160 e. The molecule has 0 saturated carbocycles. The van der Waals surface area contributed by atoms with Gasteiger partial charge in [-0.2, -0.15) is 0 Å². The number of benzene rings is 4. The maximum absolute atomic E-state index is 6.49. The summed E-state index contributed by atoms with van der Waals surface area (Å²) < 4.78 is 8.88. The van der Waals surface area contributed by atoms with E-state index in [1.807, 2.05) is 0 Å². The van der Waals surface area contributed by atoms with Crippen molar-refractivity contribution in [1.82, 2.24) is 4.40 Å². The fourth-order valence-electron chi connectivity index (χ4n) is 4.90. The summed E-state index contributed by atoms with van der Waals surface area (Å²) in [6.45, 7) is 2.11. The SMILES string of the molecule is Cc1cccc2c1oc1c2ccc2c3cccc4c5ccccc5n(c43)c21. The third kappa shape index (κ3) is 1.46. The van der Waals surface area contributed by atoms with Gasteiger partial charge in [-0.05, 0) is 24.6 Å². The van der Waals surface area contributed by atoms with Gasteiger partial charge in [-0.15, -0.1) is 0 Å². The van der Waals surface area contributed by atoms with Crippen molar-refractivity contribution in [2.75, 3.05) is 0 Å². The highest BCUT2D eigenvalue weighted by atomic mass is 16.3. The summed E-state index contributed by atoms with van der Waals surface area (Å²) in [6, 6.07) is 26.1. The van der Waals surface area contributed by atoms with Crippen LogP contribution in [0.1, 0.15) is 5.56 Å². The molecule has 2 heteroatoms. The summed E-state index contributed by atoms with van der Waals surface area (Å²) in [5.41, 5.74) is 6.85. The Morgan fingerprint density at radius 1 is 0.556 bits per heavy atom. The highest BCUT2D eigenvalue weighted by molar-refractivity contribution is 6.28. The molecule has 0 aliphatic rings. The molecule has 0 amide bonds. The van der Waals surface area contributed by atoms with E-state index in [0.717, 1.165) is 11.2 Å². The number of aromatic nitrogens is 1. The summed E-state index contributed by atoms with van der Waals surface area (Å²) in [5, 5.41) is 7.52. The van der Waals surface area contributed by atoms with Gasteiger partial charge in [0.1, 0.15) is 5.58 Å². The first kappa shape index (κ1) is 13.7. The molecule has 0 aliphatic carbocycles. The second kappa shape index (κ2) is 4.41. The zero-order valence-electron chi connectivity index (χ0n) is 14.8. The van der Waals surface area contributed by atoms with Crippen molar-refractivity contribution in [1.29, 1.82) is 0 Å². The first-order valence-corrected chi connectivity index (χ1v) is 9.31. The largest absolute Gasteiger partial charge is 0.454 e. The number of aryl methyl sites for hydroxylation is 1. The smallest absolute Gasteiger partial charge is 0.160 e. The van der Waals surface area contributed by atoms with Gasteiger partial charge >= 0.3 is 0 Å². The molecule has 0 spiro atoms. The lowest BCUT2D eigenvalue weighted by Crippen LogP contribution is -1.80. The number of furan rings is 1. The van der Waals surface area contributed by atoms with E-state index in [9.17, 15) is 0 Å². The summed E-state index contributed by atoms with van der Waals surface area (Å²) in [4.78, 5) is 0. The van der Waals surface area contributed by atoms with Crippen molar-refractivity contribution in [2.45, 2.75) is 6.92 Å². The van der Waals surface area contributed by atoms with Crippen LogP contribution in [0.15, 0.2) is 77.2 Å². The molecule has 0 saturated heterocycles. The average Bonchev–Trinajstić information content (AvgIpc) is 3.35. The van der Waals surface area contributed by atoms with E-state index < -0.39 is 0 Å². The molecule has 27 heavy (non-hydrogen) atoms. The Morgan fingerprint density at radius 3 is 2.11 bits per heavy atom. The minimum Gasteiger partial charge on any atom is -0.454 e. The molecule has 7 rings (SSSR count). The Kier molecular flexibility index (Phi) is 2.23. The van der Waals surface area contributed by atoms with Gasteiger partial charge < -0.3 is 8.82 Å². The zero-order chi connectivity index (χ0) is 17.7. The van der Waals surface area contributed by atoms with Gasteiger partial charge in [-0.1, -0.05) is 60.7 Å². The van der Waals surface area contributed by atoms with Gasteiger partial charge in [0.25, 0.3) is 0 Å². The van der Waals surface area contributed by atoms with Crippen molar-refractivity contribution < 1.29 is 4.42 Å². The topological polar surface area (TPSA) is 17.6 Å². The average molecular weight is 345 g/mol. The molecular weight excluding hydrogens is 330 g/mol. The lowest BCUT2D eigenvalue weighted by molar-refractivity contribution is 0.668. The lowest BCUT2D eigenvalue weighted by Gasteiger charge is -1.98. The van der Waals surface area contributed by atoms with Crippen molar-refractivity contribution in [2.24, 2.45) is 0 Å². The predicted molar refractivity (Wildman–Crippen MR) is 113 cm³/mol. The first-order valence-electron chi connectivity index (χ1n) is 9.31. The van der Waals surface area contributed by atoms with Crippen LogP contribution < -0.4 is 0 Å². The molecule has 3 heterocycles. The summed E-state index contributed by atoms with van der Waals surface area (Å²) >= 11 is 0. The Balaban J connectivity index is 1.90. The Labute approximate surface area is 154 Å². The molecule has 0 unspecified atom stereocenters. The van der Waals surface area contributed by atoms with E-state index in [0.29, 0.717) is 0 Å². The van der Waals surface area contributed by atoms with Crippen LogP contribution in [-0.2, 0) is 0 Å². The molecule has 0 N–H and O–H groups in total. The second-order valence-electron chi connectivity index (χ2n) is 7.45. The van der Waals surface area contributed by atoms with Gasteiger partial charge in [0.2, 0.25) is 0 Å². The highest BCUT2D eigenvalue weighted by Gasteiger charge is 2.21. The van der Waals surface area contributed by atoms with Crippen LogP contribution in [0.4, 0.5) is 0 Å². The van der Waals surface area contributed by atoms with Gasteiger partial charge in [0.05, 0.1) is 16.6 Å². The van der Waals surface area contributed by atoms with Crippen molar-refractivity contribution in [3.63, 3.8) is 0 Å². The van der Waals surface area contributed by atoms with Gasteiger partial charge in [0, 0.05) is 32.3 Å². The molecule has 126 valence electrons. The normalized spacial score (nSPS) is 12.6. The number of nitrogens with zero attached hydrogens (tertiary/aromatic N) is 1. The summed E-state index contributed by atoms with van der Waals surface area (Å²) in [7, 11) is 0. The van der Waals surface area contributed by atoms with Crippen LogP contribution in [0.5, 0.6) is 0 Å².